The highest BCUT2D eigenvalue weighted by Crippen LogP contribution is 2.34. The number of anilines is 1. The van der Waals surface area contributed by atoms with Gasteiger partial charge in [-0.2, -0.15) is 0 Å². The van der Waals surface area contributed by atoms with Gasteiger partial charge in [0.15, 0.2) is 5.82 Å². The predicted octanol–water partition coefficient (Wildman–Crippen LogP) is 3.83. The smallest absolute Gasteiger partial charge is 0.173 e. The number of methoxy groups -OCH3 is 1. The van der Waals surface area contributed by atoms with E-state index in [0.29, 0.717) is 0 Å². The molecule has 3 aromatic rings. The molecule has 1 atom stereocenters. The molecule has 0 amide bonds. The molecule has 2 heterocycles. The van der Waals surface area contributed by atoms with E-state index in [1.807, 2.05) is 35.0 Å². The van der Waals surface area contributed by atoms with E-state index in [4.69, 9.17) is 16.3 Å². The molecule has 30 heavy (non-hydrogen) atoms. The minimum Gasteiger partial charge on any atom is -0.497 e. The third-order valence-corrected chi connectivity index (χ3v) is 5.91. The minimum absolute atomic E-state index is 0.0888. The number of nitrogens with zero attached hydrogens (tertiary/aromatic N) is 6. The van der Waals surface area contributed by atoms with Crippen molar-refractivity contribution >= 4 is 17.3 Å². The normalized spacial score (nSPS) is 16.1. The molecule has 1 aromatic heterocycles. The Morgan fingerprint density at radius 3 is 2.30 bits per heavy atom. The zero-order valence-electron chi connectivity index (χ0n) is 17.6. The predicted molar refractivity (Wildman–Crippen MR) is 118 cm³/mol. The van der Waals surface area contributed by atoms with Crippen LogP contribution in [-0.2, 0) is 0 Å². The Morgan fingerprint density at radius 2 is 1.67 bits per heavy atom. The Hall–Kier alpha value is -2.64. The summed E-state index contributed by atoms with van der Waals surface area (Å²) in [6, 6.07) is 16.3. The lowest BCUT2D eigenvalue weighted by Gasteiger charge is -2.40. The topological polar surface area (TPSA) is 59.3 Å². The summed E-state index contributed by atoms with van der Waals surface area (Å²) < 4.78 is 7.17. The van der Waals surface area contributed by atoms with Crippen LogP contribution < -0.4 is 9.64 Å². The molecule has 1 aliphatic heterocycles. The second kappa shape index (κ2) is 9.02. The molecule has 0 spiro atoms. The molecule has 4 rings (SSSR count). The number of hydrogen-bond acceptors (Lipinski definition) is 6. The summed E-state index contributed by atoms with van der Waals surface area (Å²) in [5.41, 5.74) is 2.24. The Morgan fingerprint density at radius 1 is 0.967 bits per heavy atom. The van der Waals surface area contributed by atoms with Crippen LogP contribution in [0.3, 0.4) is 0 Å². The molecule has 8 heteroatoms. The van der Waals surface area contributed by atoms with Crippen molar-refractivity contribution in [1.82, 2.24) is 25.1 Å². The number of benzene rings is 2. The van der Waals surface area contributed by atoms with E-state index in [9.17, 15) is 0 Å². The van der Waals surface area contributed by atoms with Crippen molar-refractivity contribution in [3.63, 3.8) is 0 Å². The van der Waals surface area contributed by atoms with Crippen molar-refractivity contribution in [3.05, 3.63) is 64.9 Å². The number of halogens is 1. The van der Waals surface area contributed by atoms with Crippen LogP contribution >= 0.6 is 11.6 Å². The average molecular weight is 427 g/mol. The van der Waals surface area contributed by atoms with E-state index >= 15 is 0 Å². The molecule has 0 saturated carbocycles. The number of hydrogen-bond donors (Lipinski definition) is 0. The number of piperazine rings is 1. The van der Waals surface area contributed by atoms with Gasteiger partial charge in [0.05, 0.1) is 19.2 Å². The fourth-order valence-electron chi connectivity index (χ4n) is 3.98. The average Bonchev–Trinajstić information content (AvgIpc) is 3.26. The molecular weight excluding hydrogens is 400 g/mol. The maximum atomic E-state index is 6.61. The summed E-state index contributed by atoms with van der Waals surface area (Å²) in [5, 5.41) is 13.3. The molecule has 1 saturated heterocycles. The van der Waals surface area contributed by atoms with Crippen LogP contribution in [0.15, 0.2) is 48.5 Å². The van der Waals surface area contributed by atoms with Gasteiger partial charge in [-0.25, -0.2) is 4.68 Å². The van der Waals surface area contributed by atoms with Crippen LogP contribution in [0.25, 0.3) is 0 Å². The summed E-state index contributed by atoms with van der Waals surface area (Å²) in [6.45, 7) is 7.77. The van der Waals surface area contributed by atoms with Crippen molar-refractivity contribution in [1.29, 1.82) is 0 Å². The first-order valence-corrected chi connectivity index (χ1v) is 10.6. The zero-order chi connectivity index (χ0) is 21.1. The minimum atomic E-state index is -0.0888. The number of ether oxygens (including phenoxy) is 1. The first kappa shape index (κ1) is 20.6. The summed E-state index contributed by atoms with van der Waals surface area (Å²) in [7, 11) is 1.69. The molecular formula is C22H27ClN6O. The van der Waals surface area contributed by atoms with Gasteiger partial charge in [0.1, 0.15) is 5.75 Å². The van der Waals surface area contributed by atoms with Crippen LogP contribution in [0.2, 0.25) is 5.02 Å². The van der Waals surface area contributed by atoms with Gasteiger partial charge in [-0.1, -0.05) is 29.8 Å². The third-order valence-electron chi connectivity index (χ3n) is 5.57. The molecule has 0 bridgehead atoms. The summed E-state index contributed by atoms with van der Waals surface area (Å²) in [6.07, 6.45) is 0. The second-order valence-corrected chi connectivity index (χ2v) is 8.13. The van der Waals surface area contributed by atoms with Crippen molar-refractivity contribution < 1.29 is 4.74 Å². The molecule has 0 unspecified atom stereocenters. The van der Waals surface area contributed by atoms with Gasteiger partial charge in [0.25, 0.3) is 0 Å². The largest absolute Gasteiger partial charge is 0.497 e. The van der Waals surface area contributed by atoms with Gasteiger partial charge < -0.3 is 9.64 Å². The van der Waals surface area contributed by atoms with Gasteiger partial charge in [-0.05, 0) is 60.2 Å². The first-order chi connectivity index (χ1) is 14.6. The van der Waals surface area contributed by atoms with Crippen LogP contribution in [-0.4, -0.2) is 58.4 Å². The standard InChI is InChI=1S/C22H27ClN6O/c1-16(2)29-22(24-25-26-29)21(19-6-4-5-7-20(19)23)28-14-12-27(13-15-28)17-8-10-18(30-3)11-9-17/h4-11,16,21H,12-15H2,1-3H3/t21-/m1/s1. The van der Waals surface area contributed by atoms with Gasteiger partial charge in [0.2, 0.25) is 0 Å². The van der Waals surface area contributed by atoms with E-state index in [2.05, 4.69) is 57.4 Å². The second-order valence-electron chi connectivity index (χ2n) is 7.72. The fraction of sp³-hybridized carbons (Fsp3) is 0.409. The van der Waals surface area contributed by atoms with E-state index in [1.165, 1.54) is 5.69 Å². The molecule has 7 nitrogen and oxygen atoms in total. The Kier molecular flexibility index (Phi) is 6.20. The first-order valence-electron chi connectivity index (χ1n) is 10.2. The summed E-state index contributed by atoms with van der Waals surface area (Å²) >= 11 is 6.61. The van der Waals surface area contributed by atoms with E-state index in [0.717, 1.165) is 48.3 Å². The SMILES string of the molecule is COc1ccc(N2CCN([C@H](c3ccccc3Cl)c3nnnn3C(C)C)CC2)cc1. The van der Waals surface area contributed by atoms with Crippen molar-refractivity contribution in [2.24, 2.45) is 0 Å². The van der Waals surface area contributed by atoms with E-state index < -0.39 is 0 Å². The van der Waals surface area contributed by atoms with Crippen molar-refractivity contribution in [3.8, 4) is 5.75 Å². The molecule has 0 N–H and O–H groups in total. The van der Waals surface area contributed by atoms with E-state index in [-0.39, 0.29) is 12.1 Å². The lowest BCUT2D eigenvalue weighted by atomic mass is 10.0. The molecule has 1 aliphatic rings. The van der Waals surface area contributed by atoms with Crippen molar-refractivity contribution in [2.75, 3.05) is 38.2 Å². The summed E-state index contributed by atoms with van der Waals surface area (Å²) in [4.78, 5) is 4.82. The van der Waals surface area contributed by atoms with Gasteiger partial charge >= 0.3 is 0 Å². The van der Waals surface area contributed by atoms with Gasteiger partial charge in [0, 0.05) is 36.9 Å². The van der Waals surface area contributed by atoms with Crippen LogP contribution in [0.5, 0.6) is 5.75 Å². The number of tetrazole rings is 1. The molecule has 0 aliphatic carbocycles. The van der Waals surface area contributed by atoms with Crippen LogP contribution in [0.1, 0.15) is 37.3 Å². The molecule has 1 fully saturated rings. The number of rotatable bonds is 6. The monoisotopic (exact) mass is 426 g/mol. The van der Waals surface area contributed by atoms with Gasteiger partial charge in [-0.15, -0.1) is 5.10 Å². The zero-order valence-corrected chi connectivity index (χ0v) is 18.3. The fourth-order valence-corrected chi connectivity index (χ4v) is 4.21. The Labute approximate surface area is 182 Å². The van der Waals surface area contributed by atoms with Crippen LogP contribution in [0.4, 0.5) is 5.69 Å². The highest BCUT2D eigenvalue weighted by Gasteiger charge is 2.32. The molecule has 2 aromatic carbocycles. The van der Waals surface area contributed by atoms with Crippen LogP contribution in [0, 0.1) is 0 Å². The summed E-state index contributed by atoms with van der Waals surface area (Å²) in [5.74, 6) is 1.70. The van der Waals surface area contributed by atoms with Crippen molar-refractivity contribution in [2.45, 2.75) is 25.9 Å². The third kappa shape index (κ3) is 4.13. The highest BCUT2D eigenvalue weighted by atomic mass is 35.5. The molecule has 0 radical (unpaired) electrons. The molecule has 158 valence electrons. The van der Waals surface area contributed by atoms with E-state index in [1.54, 1.807) is 7.11 Å². The Bertz CT molecular complexity index is 966. The highest BCUT2D eigenvalue weighted by molar-refractivity contribution is 6.31. The number of aromatic nitrogens is 4. The maximum absolute atomic E-state index is 6.61. The lowest BCUT2D eigenvalue weighted by molar-refractivity contribution is 0.199. The van der Waals surface area contributed by atoms with Gasteiger partial charge in [-0.3, -0.25) is 4.90 Å². The lowest BCUT2D eigenvalue weighted by Crippen LogP contribution is -2.48. The quantitative estimate of drug-likeness (QED) is 0.597. The Balaban J connectivity index is 1.59. The maximum Gasteiger partial charge on any atom is 0.173 e.